The molecule has 4 aromatic rings. The van der Waals surface area contributed by atoms with Crippen LogP contribution in [0, 0.1) is 6.92 Å². The summed E-state index contributed by atoms with van der Waals surface area (Å²) in [6, 6.07) is 20.5. The van der Waals surface area contributed by atoms with Crippen LogP contribution < -0.4 is 10.1 Å². The first kappa shape index (κ1) is 25.0. The third-order valence-electron chi connectivity index (χ3n) is 5.85. The zero-order chi connectivity index (χ0) is 25.9. The molecule has 186 valence electrons. The van der Waals surface area contributed by atoms with Crippen molar-refractivity contribution in [3.8, 4) is 17.0 Å². The topological polar surface area (TPSA) is 81.9 Å². The molecule has 0 fully saturated rings. The molecule has 0 saturated heterocycles. The lowest BCUT2D eigenvalue weighted by Crippen LogP contribution is -2.18. The van der Waals surface area contributed by atoms with Crippen molar-refractivity contribution in [3.05, 3.63) is 83.6 Å². The lowest BCUT2D eigenvalue weighted by atomic mass is 9.87. The van der Waals surface area contributed by atoms with Crippen molar-refractivity contribution in [3.63, 3.8) is 0 Å². The minimum atomic E-state index is -0.431. The molecule has 1 N–H and O–H groups in total. The van der Waals surface area contributed by atoms with E-state index in [9.17, 15) is 9.59 Å². The SMILES string of the molecule is CCOC(=O)CNc1c(-c2cccc(OC(=O)c3ccc(C(C)(C)C)cc3)c2)nc2cccc(C)n12. The van der Waals surface area contributed by atoms with E-state index in [2.05, 4.69) is 26.1 Å². The lowest BCUT2D eigenvalue weighted by Gasteiger charge is -2.18. The van der Waals surface area contributed by atoms with Crippen LogP contribution in [-0.2, 0) is 14.9 Å². The average molecular weight is 486 g/mol. The number of ether oxygens (including phenoxy) is 2. The summed E-state index contributed by atoms with van der Waals surface area (Å²) in [5, 5.41) is 3.18. The standard InChI is InChI=1S/C29H31N3O4/c1-6-35-25(33)18-30-27-26(31-24-12-7-9-19(2)32(24)27)21-10-8-11-23(17-21)36-28(34)20-13-15-22(16-14-20)29(3,4)5/h7-17,30H,6,18H2,1-5H3. The predicted molar refractivity (Wildman–Crippen MR) is 141 cm³/mol. The van der Waals surface area contributed by atoms with Gasteiger partial charge in [0.25, 0.3) is 0 Å². The van der Waals surface area contributed by atoms with Gasteiger partial charge in [0.15, 0.2) is 0 Å². The number of imidazole rings is 1. The van der Waals surface area contributed by atoms with E-state index in [4.69, 9.17) is 14.5 Å². The van der Waals surface area contributed by atoms with Crippen molar-refractivity contribution in [1.29, 1.82) is 0 Å². The number of aromatic nitrogens is 2. The van der Waals surface area contributed by atoms with E-state index >= 15 is 0 Å². The van der Waals surface area contributed by atoms with Gasteiger partial charge < -0.3 is 14.8 Å². The van der Waals surface area contributed by atoms with E-state index in [1.54, 1.807) is 31.2 Å². The number of benzene rings is 2. The largest absolute Gasteiger partial charge is 0.465 e. The van der Waals surface area contributed by atoms with Gasteiger partial charge in [-0.05, 0) is 61.2 Å². The summed E-state index contributed by atoms with van der Waals surface area (Å²) in [4.78, 5) is 29.6. The van der Waals surface area contributed by atoms with Crippen LogP contribution in [0.4, 0.5) is 5.82 Å². The van der Waals surface area contributed by atoms with Crippen molar-refractivity contribution >= 4 is 23.4 Å². The molecule has 0 spiro atoms. The molecule has 0 aliphatic carbocycles. The zero-order valence-electron chi connectivity index (χ0n) is 21.3. The summed E-state index contributed by atoms with van der Waals surface area (Å²) in [7, 11) is 0. The van der Waals surface area contributed by atoms with Crippen LogP contribution in [0.15, 0.2) is 66.7 Å². The summed E-state index contributed by atoms with van der Waals surface area (Å²) < 4.78 is 12.7. The molecule has 0 amide bonds. The third kappa shape index (κ3) is 5.40. The van der Waals surface area contributed by atoms with Crippen LogP contribution in [0.3, 0.4) is 0 Å². The predicted octanol–water partition coefficient (Wildman–Crippen LogP) is 5.80. The summed E-state index contributed by atoms with van der Waals surface area (Å²) in [5.41, 5.74) is 4.71. The van der Waals surface area contributed by atoms with Crippen LogP contribution in [0.25, 0.3) is 16.9 Å². The van der Waals surface area contributed by atoms with Crippen molar-refractivity contribution in [2.24, 2.45) is 0 Å². The van der Waals surface area contributed by atoms with Gasteiger partial charge in [-0.25, -0.2) is 9.78 Å². The maximum absolute atomic E-state index is 12.8. The number of pyridine rings is 1. The number of fused-ring (bicyclic) bond motifs is 1. The Balaban J connectivity index is 1.63. The molecule has 36 heavy (non-hydrogen) atoms. The van der Waals surface area contributed by atoms with E-state index in [1.165, 1.54) is 0 Å². The van der Waals surface area contributed by atoms with Gasteiger partial charge in [-0.15, -0.1) is 0 Å². The number of nitrogens with zero attached hydrogens (tertiary/aromatic N) is 2. The Bertz CT molecular complexity index is 1400. The second kappa shape index (κ2) is 10.2. The molecule has 0 bridgehead atoms. The Morgan fingerprint density at radius 1 is 1.00 bits per heavy atom. The van der Waals surface area contributed by atoms with Gasteiger partial charge in [0.05, 0.1) is 12.2 Å². The molecule has 2 aromatic carbocycles. The Hall–Kier alpha value is -4.13. The normalized spacial score (nSPS) is 11.4. The molecule has 7 heteroatoms. The Kier molecular flexibility index (Phi) is 7.10. The summed E-state index contributed by atoms with van der Waals surface area (Å²) >= 11 is 0. The summed E-state index contributed by atoms with van der Waals surface area (Å²) in [6.45, 7) is 10.4. The van der Waals surface area contributed by atoms with Gasteiger partial charge in [-0.2, -0.15) is 0 Å². The molecule has 0 atom stereocenters. The van der Waals surface area contributed by atoms with Gasteiger partial charge in [0.2, 0.25) is 0 Å². The number of rotatable bonds is 7. The molecule has 0 unspecified atom stereocenters. The van der Waals surface area contributed by atoms with Crippen LogP contribution in [-0.4, -0.2) is 34.5 Å². The molecule has 0 saturated carbocycles. The molecule has 2 heterocycles. The number of anilines is 1. The molecule has 7 nitrogen and oxygen atoms in total. The van der Waals surface area contributed by atoms with Gasteiger partial charge >= 0.3 is 11.9 Å². The highest BCUT2D eigenvalue weighted by atomic mass is 16.5. The minimum Gasteiger partial charge on any atom is -0.465 e. The van der Waals surface area contributed by atoms with E-state index < -0.39 is 5.97 Å². The molecule has 2 aromatic heterocycles. The minimum absolute atomic E-state index is 0.00219. The summed E-state index contributed by atoms with van der Waals surface area (Å²) in [6.07, 6.45) is 0. The number of hydrogen-bond donors (Lipinski definition) is 1. The first-order chi connectivity index (χ1) is 17.2. The van der Waals surface area contributed by atoms with Gasteiger partial charge in [0, 0.05) is 11.3 Å². The first-order valence-electron chi connectivity index (χ1n) is 12.0. The van der Waals surface area contributed by atoms with Crippen LogP contribution in [0.1, 0.15) is 49.3 Å². The maximum atomic E-state index is 12.8. The van der Waals surface area contributed by atoms with E-state index in [-0.39, 0.29) is 17.9 Å². The second-order valence-electron chi connectivity index (χ2n) is 9.57. The molecule has 0 aliphatic heterocycles. The molecular formula is C29H31N3O4. The second-order valence-corrected chi connectivity index (χ2v) is 9.57. The van der Waals surface area contributed by atoms with Gasteiger partial charge in [0.1, 0.15) is 29.5 Å². The van der Waals surface area contributed by atoms with Crippen LogP contribution in [0.2, 0.25) is 0 Å². The average Bonchev–Trinajstić information content (AvgIpc) is 3.22. The fraction of sp³-hybridized carbons (Fsp3) is 0.276. The van der Waals surface area contributed by atoms with Crippen molar-refractivity contribution < 1.29 is 19.1 Å². The van der Waals surface area contributed by atoms with Crippen molar-refractivity contribution in [2.45, 2.75) is 40.0 Å². The Morgan fingerprint density at radius 3 is 2.42 bits per heavy atom. The lowest BCUT2D eigenvalue weighted by molar-refractivity contribution is -0.140. The third-order valence-corrected chi connectivity index (χ3v) is 5.85. The summed E-state index contributed by atoms with van der Waals surface area (Å²) in [5.74, 6) is 0.283. The Morgan fingerprint density at radius 2 is 1.72 bits per heavy atom. The van der Waals surface area contributed by atoms with E-state index in [0.29, 0.717) is 29.4 Å². The number of esters is 2. The quantitative estimate of drug-likeness (QED) is 0.263. The number of nitrogens with one attached hydrogen (secondary N) is 1. The van der Waals surface area contributed by atoms with Gasteiger partial charge in [-0.1, -0.05) is 51.1 Å². The number of carbonyl (C=O) groups excluding carboxylic acids is 2. The Labute approximate surface area is 211 Å². The highest BCUT2D eigenvalue weighted by Crippen LogP contribution is 2.32. The first-order valence-corrected chi connectivity index (χ1v) is 12.0. The van der Waals surface area contributed by atoms with E-state index in [0.717, 1.165) is 22.5 Å². The zero-order valence-corrected chi connectivity index (χ0v) is 21.3. The van der Waals surface area contributed by atoms with Crippen LogP contribution in [0.5, 0.6) is 5.75 Å². The highest BCUT2D eigenvalue weighted by Gasteiger charge is 2.19. The van der Waals surface area contributed by atoms with Crippen LogP contribution >= 0.6 is 0 Å². The van der Waals surface area contributed by atoms with Crippen molar-refractivity contribution in [1.82, 2.24) is 9.38 Å². The highest BCUT2D eigenvalue weighted by molar-refractivity contribution is 5.91. The number of hydrogen-bond acceptors (Lipinski definition) is 6. The monoisotopic (exact) mass is 485 g/mol. The molecule has 0 aliphatic rings. The van der Waals surface area contributed by atoms with Gasteiger partial charge in [-0.3, -0.25) is 9.20 Å². The maximum Gasteiger partial charge on any atom is 0.343 e. The van der Waals surface area contributed by atoms with Crippen molar-refractivity contribution in [2.75, 3.05) is 18.5 Å². The number of aryl methyl sites for hydroxylation is 1. The molecular weight excluding hydrogens is 454 g/mol. The number of carbonyl (C=O) groups is 2. The smallest absolute Gasteiger partial charge is 0.343 e. The van der Waals surface area contributed by atoms with E-state index in [1.807, 2.05) is 53.8 Å². The fourth-order valence-corrected chi connectivity index (χ4v) is 3.97. The fourth-order valence-electron chi connectivity index (χ4n) is 3.97. The molecule has 4 rings (SSSR count). The molecule has 0 radical (unpaired) electrons.